The third-order valence-electron chi connectivity index (χ3n) is 2.85. The number of hydrogen-bond donors (Lipinski definition) is 2. The van der Waals surface area contributed by atoms with E-state index in [0.717, 1.165) is 43.8 Å². The van der Waals surface area contributed by atoms with Crippen LogP contribution in [0, 0.1) is 0 Å². The molecule has 0 aliphatic carbocycles. The summed E-state index contributed by atoms with van der Waals surface area (Å²) in [6.07, 6.45) is 5.30. The van der Waals surface area contributed by atoms with Gasteiger partial charge in [-0.25, -0.2) is 9.97 Å². The normalized spacial score (nSPS) is 15.7. The maximum Gasteiger partial charge on any atom is 0.204 e. The van der Waals surface area contributed by atoms with Gasteiger partial charge in [0.2, 0.25) is 5.95 Å². The highest BCUT2D eigenvalue weighted by molar-refractivity contribution is 5.69. The van der Waals surface area contributed by atoms with Crippen molar-refractivity contribution >= 4 is 17.5 Å². The first kappa shape index (κ1) is 11.0. The molecule has 0 amide bonds. The summed E-state index contributed by atoms with van der Waals surface area (Å²) < 4.78 is 5.36. The fourth-order valence-electron chi connectivity index (χ4n) is 1.98. The lowest BCUT2D eigenvalue weighted by Crippen LogP contribution is -2.37. The first-order valence-corrected chi connectivity index (χ1v) is 5.97. The summed E-state index contributed by atoms with van der Waals surface area (Å²) in [6.45, 7) is 3.22. The molecule has 0 radical (unpaired) electrons. The number of anilines is 3. The molecule has 2 N–H and O–H groups in total. The number of rotatable bonds is 3. The van der Waals surface area contributed by atoms with Crippen LogP contribution in [0.2, 0.25) is 0 Å². The number of nitrogens with one attached hydrogen (secondary N) is 2. The van der Waals surface area contributed by atoms with E-state index in [-0.39, 0.29) is 0 Å². The van der Waals surface area contributed by atoms with E-state index >= 15 is 0 Å². The monoisotopic (exact) mass is 245 g/mol. The molecule has 0 saturated carbocycles. The highest BCUT2D eigenvalue weighted by Crippen LogP contribution is 2.25. The molecule has 0 spiro atoms. The van der Waals surface area contributed by atoms with Crippen LogP contribution in [0.5, 0.6) is 0 Å². The highest BCUT2D eigenvalue weighted by Gasteiger charge is 2.16. The first-order valence-electron chi connectivity index (χ1n) is 5.97. The van der Waals surface area contributed by atoms with Gasteiger partial charge < -0.3 is 19.9 Å². The van der Waals surface area contributed by atoms with Gasteiger partial charge in [-0.3, -0.25) is 0 Å². The van der Waals surface area contributed by atoms with Gasteiger partial charge in [0.25, 0.3) is 0 Å². The number of aromatic nitrogens is 3. The number of morpholine rings is 1. The fourth-order valence-corrected chi connectivity index (χ4v) is 1.98. The molecule has 2 aromatic rings. The molecule has 1 fully saturated rings. The molecule has 3 heterocycles. The molecule has 2 aromatic heterocycles. The topological polar surface area (TPSA) is 66.1 Å². The van der Waals surface area contributed by atoms with Crippen LogP contribution in [-0.2, 0) is 4.74 Å². The van der Waals surface area contributed by atoms with Gasteiger partial charge in [0.05, 0.1) is 18.9 Å². The summed E-state index contributed by atoms with van der Waals surface area (Å²) in [6, 6.07) is 3.91. The molecular formula is C12H15N5O. The Bertz CT molecular complexity index is 493. The van der Waals surface area contributed by atoms with Crippen molar-refractivity contribution in [1.82, 2.24) is 15.0 Å². The highest BCUT2D eigenvalue weighted by atomic mass is 16.5. The SMILES string of the molecule is c1cnc(N2CCOCC2)c(Nc2ncc[nH]2)c1. The lowest BCUT2D eigenvalue weighted by atomic mass is 10.3. The zero-order valence-electron chi connectivity index (χ0n) is 9.97. The average molecular weight is 245 g/mol. The number of imidazole rings is 1. The van der Waals surface area contributed by atoms with E-state index in [1.807, 2.05) is 12.1 Å². The van der Waals surface area contributed by atoms with Crippen LogP contribution in [-0.4, -0.2) is 41.3 Å². The second kappa shape index (κ2) is 5.05. The zero-order valence-corrected chi connectivity index (χ0v) is 9.97. The van der Waals surface area contributed by atoms with Crippen molar-refractivity contribution in [2.45, 2.75) is 0 Å². The number of aromatic amines is 1. The minimum atomic E-state index is 0.720. The molecule has 1 aliphatic rings. The quantitative estimate of drug-likeness (QED) is 0.855. The van der Waals surface area contributed by atoms with Gasteiger partial charge in [0.1, 0.15) is 0 Å². The molecule has 6 heteroatoms. The summed E-state index contributed by atoms with van der Waals surface area (Å²) in [4.78, 5) is 13.8. The van der Waals surface area contributed by atoms with Gasteiger partial charge in [0.15, 0.2) is 5.82 Å². The van der Waals surface area contributed by atoms with E-state index in [9.17, 15) is 0 Å². The second-order valence-corrected chi connectivity index (χ2v) is 4.04. The molecular weight excluding hydrogens is 230 g/mol. The van der Waals surface area contributed by atoms with Crippen LogP contribution in [0.1, 0.15) is 0 Å². The third kappa shape index (κ3) is 2.28. The van der Waals surface area contributed by atoms with Crippen molar-refractivity contribution in [3.05, 3.63) is 30.7 Å². The Kier molecular flexibility index (Phi) is 3.10. The van der Waals surface area contributed by atoms with Gasteiger partial charge in [-0.15, -0.1) is 0 Å². The number of pyridine rings is 1. The predicted molar refractivity (Wildman–Crippen MR) is 69.1 cm³/mol. The van der Waals surface area contributed by atoms with E-state index in [1.54, 1.807) is 18.6 Å². The molecule has 0 bridgehead atoms. The van der Waals surface area contributed by atoms with E-state index in [4.69, 9.17) is 4.74 Å². The van der Waals surface area contributed by atoms with Crippen LogP contribution >= 0.6 is 0 Å². The number of hydrogen-bond acceptors (Lipinski definition) is 5. The standard InChI is InChI=1S/C12H15N5O/c1-2-10(16-12-14-4-5-15-12)11(13-3-1)17-6-8-18-9-7-17/h1-5H,6-9H2,(H2,14,15,16). The summed E-state index contributed by atoms with van der Waals surface area (Å²) in [5, 5.41) is 3.24. The van der Waals surface area contributed by atoms with Crippen molar-refractivity contribution < 1.29 is 4.74 Å². The van der Waals surface area contributed by atoms with E-state index in [2.05, 4.69) is 25.2 Å². The van der Waals surface area contributed by atoms with Crippen molar-refractivity contribution in [2.24, 2.45) is 0 Å². The lowest BCUT2D eigenvalue weighted by molar-refractivity contribution is 0.122. The maximum atomic E-state index is 5.36. The third-order valence-corrected chi connectivity index (χ3v) is 2.85. The van der Waals surface area contributed by atoms with Crippen molar-refractivity contribution in [3.8, 4) is 0 Å². The summed E-state index contributed by atoms with van der Waals surface area (Å²) in [5.74, 6) is 1.66. The fraction of sp³-hybridized carbons (Fsp3) is 0.333. The van der Waals surface area contributed by atoms with Gasteiger partial charge in [-0.2, -0.15) is 0 Å². The average Bonchev–Trinajstić information content (AvgIpc) is 2.93. The van der Waals surface area contributed by atoms with Crippen LogP contribution in [0.3, 0.4) is 0 Å². The van der Waals surface area contributed by atoms with Crippen molar-refractivity contribution in [1.29, 1.82) is 0 Å². The Hall–Kier alpha value is -2.08. The largest absolute Gasteiger partial charge is 0.378 e. The van der Waals surface area contributed by atoms with Crippen LogP contribution < -0.4 is 10.2 Å². The minimum absolute atomic E-state index is 0.720. The van der Waals surface area contributed by atoms with Crippen LogP contribution in [0.15, 0.2) is 30.7 Å². The van der Waals surface area contributed by atoms with Gasteiger partial charge in [-0.1, -0.05) is 0 Å². The Morgan fingerprint density at radius 1 is 1.22 bits per heavy atom. The van der Waals surface area contributed by atoms with Gasteiger partial charge in [-0.05, 0) is 12.1 Å². The zero-order chi connectivity index (χ0) is 12.2. The molecule has 0 aromatic carbocycles. The van der Waals surface area contributed by atoms with Gasteiger partial charge >= 0.3 is 0 Å². The maximum absolute atomic E-state index is 5.36. The van der Waals surface area contributed by atoms with E-state index in [0.29, 0.717) is 0 Å². The number of ether oxygens (including phenoxy) is 1. The Morgan fingerprint density at radius 2 is 2.11 bits per heavy atom. The molecule has 18 heavy (non-hydrogen) atoms. The Balaban J connectivity index is 1.84. The molecule has 0 unspecified atom stereocenters. The number of nitrogens with zero attached hydrogens (tertiary/aromatic N) is 3. The Labute approximate surface area is 105 Å². The van der Waals surface area contributed by atoms with Crippen molar-refractivity contribution in [2.75, 3.05) is 36.5 Å². The van der Waals surface area contributed by atoms with E-state index < -0.39 is 0 Å². The second-order valence-electron chi connectivity index (χ2n) is 4.04. The summed E-state index contributed by atoms with van der Waals surface area (Å²) in [5.41, 5.74) is 0.953. The van der Waals surface area contributed by atoms with Crippen LogP contribution in [0.4, 0.5) is 17.5 Å². The number of H-pyrrole nitrogens is 1. The van der Waals surface area contributed by atoms with Crippen LogP contribution in [0.25, 0.3) is 0 Å². The first-order chi connectivity index (χ1) is 8.93. The Morgan fingerprint density at radius 3 is 2.89 bits per heavy atom. The molecule has 0 atom stereocenters. The lowest BCUT2D eigenvalue weighted by Gasteiger charge is -2.29. The molecule has 6 nitrogen and oxygen atoms in total. The smallest absolute Gasteiger partial charge is 0.204 e. The van der Waals surface area contributed by atoms with Crippen molar-refractivity contribution in [3.63, 3.8) is 0 Å². The predicted octanol–water partition coefficient (Wildman–Crippen LogP) is 1.38. The van der Waals surface area contributed by atoms with E-state index in [1.165, 1.54) is 0 Å². The molecule has 94 valence electrons. The van der Waals surface area contributed by atoms with Gasteiger partial charge in [0, 0.05) is 31.7 Å². The molecule has 3 rings (SSSR count). The summed E-state index contributed by atoms with van der Waals surface area (Å²) >= 11 is 0. The minimum Gasteiger partial charge on any atom is -0.378 e. The summed E-state index contributed by atoms with van der Waals surface area (Å²) in [7, 11) is 0. The molecule has 1 aliphatic heterocycles. The molecule has 1 saturated heterocycles.